The van der Waals surface area contributed by atoms with Gasteiger partial charge in [0.2, 0.25) is 0 Å². The van der Waals surface area contributed by atoms with Crippen molar-refractivity contribution in [3.63, 3.8) is 0 Å². The fourth-order valence-electron chi connectivity index (χ4n) is 2.24. The molecule has 1 heterocycles. The highest BCUT2D eigenvalue weighted by Crippen LogP contribution is 2.24. The van der Waals surface area contributed by atoms with Gasteiger partial charge in [0.05, 0.1) is 24.0 Å². The molecule has 0 saturated heterocycles. The summed E-state index contributed by atoms with van der Waals surface area (Å²) in [5.74, 6) is 2.38. The van der Waals surface area contributed by atoms with Gasteiger partial charge in [0.25, 0.3) is 5.56 Å². The Hall–Kier alpha value is -1.32. The number of nitrogens with one attached hydrogen (secondary N) is 1. The maximum Gasteiger partial charge on any atom is 0.284 e. The summed E-state index contributed by atoms with van der Waals surface area (Å²) in [6.07, 6.45) is 10.2. The van der Waals surface area contributed by atoms with Crippen molar-refractivity contribution in [3.8, 4) is 12.3 Å². The maximum absolute atomic E-state index is 12.0. The zero-order valence-electron chi connectivity index (χ0n) is 10.5. The van der Waals surface area contributed by atoms with E-state index in [2.05, 4.69) is 32.3 Å². The number of nitrogens with zero attached hydrogens (tertiary/aromatic N) is 2. The van der Waals surface area contributed by atoms with Crippen LogP contribution in [0.1, 0.15) is 25.7 Å². The second-order valence-corrected chi connectivity index (χ2v) is 5.43. The zero-order chi connectivity index (χ0) is 13.8. The van der Waals surface area contributed by atoms with E-state index in [1.54, 1.807) is 6.20 Å². The van der Waals surface area contributed by atoms with E-state index in [1.165, 1.54) is 4.68 Å². The number of halogens is 1. The third kappa shape index (κ3) is 3.17. The molecule has 19 heavy (non-hydrogen) atoms. The minimum Gasteiger partial charge on any atom is -0.391 e. The fraction of sp³-hybridized carbons (Fsp3) is 0.538. The molecule has 0 radical (unpaired) electrons. The van der Waals surface area contributed by atoms with Gasteiger partial charge in [-0.25, -0.2) is 4.68 Å². The van der Waals surface area contributed by atoms with Gasteiger partial charge in [0, 0.05) is 0 Å². The standard InChI is InChI=1S/C13H16BrN3O2/c1-2-7-17-13(19)12(14)10(8-15-17)16-9-5-3-4-6-11(9)18/h1,8-9,11,16,18H,3-7H2. The molecule has 0 bridgehead atoms. The molecule has 2 N–H and O–H groups in total. The molecule has 1 aliphatic carbocycles. The summed E-state index contributed by atoms with van der Waals surface area (Å²) in [4.78, 5) is 12.0. The van der Waals surface area contributed by atoms with Crippen LogP contribution >= 0.6 is 15.9 Å². The molecule has 2 unspecified atom stereocenters. The van der Waals surface area contributed by atoms with Crippen molar-refractivity contribution < 1.29 is 5.11 Å². The van der Waals surface area contributed by atoms with Crippen LogP contribution in [-0.2, 0) is 6.54 Å². The Morgan fingerprint density at radius 1 is 1.58 bits per heavy atom. The monoisotopic (exact) mass is 325 g/mol. The molecule has 5 nitrogen and oxygen atoms in total. The van der Waals surface area contributed by atoms with Crippen molar-refractivity contribution in [1.29, 1.82) is 0 Å². The summed E-state index contributed by atoms with van der Waals surface area (Å²) in [5, 5.41) is 17.1. The van der Waals surface area contributed by atoms with Gasteiger partial charge in [-0.15, -0.1) is 6.42 Å². The van der Waals surface area contributed by atoms with Crippen molar-refractivity contribution in [2.24, 2.45) is 0 Å². The smallest absolute Gasteiger partial charge is 0.284 e. The molecule has 0 aliphatic heterocycles. The predicted molar refractivity (Wildman–Crippen MR) is 76.9 cm³/mol. The lowest BCUT2D eigenvalue weighted by Gasteiger charge is -2.29. The lowest BCUT2D eigenvalue weighted by molar-refractivity contribution is 0.116. The Kier molecular flexibility index (Phi) is 4.61. The summed E-state index contributed by atoms with van der Waals surface area (Å²) in [6, 6.07) is -0.0327. The van der Waals surface area contributed by atoms with Crippen LogP contribution in [-0.4, -0.2) is 27.0 Å². The average molecular weight is 326 g/mol. The van der Waals surface area contributed by atoms with E-state index >= 15 is 0 Å². The van der Waals surface area contributed by atoms with Gasteiger partial charge in [-0.2, -0.15) is 5.10 Å². The van der Waals surface area contributed by atoms with Gasteiger partial charge >= 0.3 is 0 Å². The Morgan fingerprint density at radius 3 is 3.00 bits per heavy atom. The van der Waals surface area contributed by atoms with E-state index in [1.807, 2.05) is 0 Å². The van der Waals surface area contributed by atoms with Gasteiger partial charge in [0.1, 0.15) is 11.0 Å². The topological polar surface area (TPSA) is 67.2 Å². The third-order valence-electron chi connectivity index (χ3n) is 3.30. The number of anilines is 1. The first-order chi connectivity index (χ1) is 9.13. The summed E-state index contributed by atoms with van der Waals surface area (Å²) in [6.45, 7) is 0.143. The van der Waals surface area contributed by atoms with E-state index in [0.29, 0.717) is 10.2 Å². The highest BCUT2D eigenvalue weighted by atomic mass is 79.9. The largest absolute Gasteiger partial charge is 0.391 e. The van der Waals surface area contributed by atoms with Crippen LogP contribution in [0.3, 0.4) is 0 Å². The molecular weight excluding hydrogens is 310 g/mol. The molecule has 1 saturated carbocycles. The van der Waals surface area contributed by atoms with Gasteiger partial charge in [-0.1, -0.05) is 18.8 Å². The van der Waals surface area contributed by atoms with Gasteiger partial charge in [-0.05, 0) is 28.8 Å². The highest BCUT2D eigenvalue weighted by Gasteiger charge is 2.24. The van der Waals surface area contributed by atoms with Gasteiger partial charge in [0.15, 0.2) is 0 Å². The Balaban J connectivity index is 2.19. The van der Waals surface area contributed by atoms with E-state index in [4.69, 9.17) is 6.42 Å². The van der Waals surface area contributed by atoms with Crippen LogP contribution in [0.25, 0.3) is 0 Å². The predicted octanol–water partition coefficient (Wildman–Crippen LogP) is 1.35. The van der Waals surface area contributed by atoms with E-state index in [9.17, 15) is 9.90 Å². The second-order valence-electron chi connectivity index (χ2n) is 4.64. The molecule has 1 aromatic heterocycles. The van der Waals surface area contributed by atoms with Gasteiger partial charge in [-0.3, -0.25) is 4.79 Å². The molecule has 6 heteroatoms. The highest BCUT2D eigenvalue weighted by molar-refractivity contribution is 9.10. The molecule has 2 rings (SSSR count). The normalized spacial score (nSPS) is 22.8. The molecular formula is C13H16BrN3O2. The van der Waals surface area contributed by atoms with Crippen molar-refractivity contribution in [1.82, 2.24) is 9.78 Å². The van der Waals surface area contributed by atoms with E-state index in [-0.39, 0.29) is 24.2 Å². The van der Waals surface area contributed by atoms with Crippen molar-refractivity contribution in [2.45, 2.75) is 44.4 Å². The molecule has 102 valence electrons. The number of aliphatic hydroxyl groups is 1. The lowest BCUT2D eigenvalue weighted by atomic mass is 9.92. The van der Waals surface area contributed by atoms with Crippen LogP contribution in [0.15, 0.2) is 15.5 Å². The number of terminal acetylenes is 1. The van der Waals surface area contributed by atoms with Crippen LogP contribution in [0, 0.1) is 12.3 Å². The van der Waals surface area contributed by atoms with Crippen molar-refractivity contribution in [3.05, 3.63) is 21.0 Å². The quantitative estimate of drug-likeness (QED) is 0.823. The first-order valence-corrected chi connectivity index (χ1v) is 7.06. The van der Waals surface area contributed by atoms with Crippen molar-refractivity contribution >= 4 is 21.6 Å². The van der Waals surface area contributed by atoms with Gasteiger partial charge < -0.3 is 10.4 Å². The molecule has 0 aromatic carbocycles. The number of aliphatic hydroxyl groups excluding tert-OH is 1. The number of rotatable bonds is 3. The number of hydrogen-bond donors (Lipinski definition) is 2. The molecule has 1 aromatic rings. The maximum atomic E-state index is 12.0. The Bertz CT molecular complexity index is 550. The van der Waals surface area contributed by atoms with Crippen LogP contribution in [0.4, 0.5) is 5.69 Å². The van der Waals surface area contributed by atoms with Crippen LogP contribution in [0.5, 0.6) is 0 Å². The van der Waals surface area contributed by atoms with E-state index < -0.39 is 0 Å². The lowest BCUT2D eigenvalue weighted by Crippen LogP contribution is -2.37. The minimum atomic E-state index is -0.381. The number of hydrogen-bond acceptors (Lipinski definition) is 4. The first kappa shape index (κ1) is 14.1. The summed E-state index contributed by atoms with van der Waals surface area (Å²) in [5.41, 5.74) is 0.331. The minimum absolute atomic E-state index is 0.0327. The molecule has 1 aliphatic rings. The Labute approximate surface area is 120 Å². The molecule has 0 spiro atoms. The first-order valence-electron chi connectivity index (χ1n) is 6.27. The van der Waals surface area contributed by atoms with E-state index in [0.717, 1.165) is 25.7 Å². The van der Waals surface area contributed by atoms with Crippen LogP contribution in [0.2, 0.25) is 0 Å². The zero-order valence-corrected chi connectivity index (χ0v) is 12.1. The number of aromatic nitrogens is 2. The summed E-state index contributed by atoms with van der Waals surface area (Å²) >= 11 is 3.26. The SMILES string of the molecule is C#CCn1ncc(NC2CCCCC2O)c(Br)c1=O. The Morgan fingerprint density at radius 2 is 2.32 bits per heavy atom. The average Bonchev–Trinajstić information content (AvgIpc) is 2.41. The summed E-state index contributed by atoms with van der Waals surface area (Å²) in [7, 11) is 0. The molecule has 1 fully saturated rings. The molecule has 0 amide bonds. The van der Waals surface area contributed by atoms with Crippen LogP contribution < -0.4 is 10.9 Å². The fourth-order valence-corrected chi connectivity index (χ4v) is 2.67. The van der Waals surface area contributed by atoms with Crippen molar-refractivity contribution in [2.75, 3.05) is 5.32 Å². The molecule has 2 atom stereocenters. The third-order valence-corrected chi connectivity index (χ3v) is 4.06. The second kappa shape index (κ2) is 6.22. The summed E-state index contributed by atoms with van der Waals surface area (Å²) < 4.78 is 1.61.